The number of aromatic nitrogens is 3. The number of halogens is 3. The fourth-order valence-electron chi connectivity index (χ4n) is 1.26. The van der Waals surface area contributed by atoms with Gasteiger partial charge in [0, 0.05) is 11.2 Å². The van der Waals surface area contributed by atoms with E-state index in [9.17, 15) is 17.7 Å². The van der Waals surface area contributed by atoms with Gasteiger partial charge in [-0.3, -0.25) is 0 Å². The summed E-state index contributed by atoms with van der Waals surface area (Å²) in [6, 6.07) is 0. The van der Waals surface area contributed by atoms with Crippen LogP contribution in [0, 0.1) is 0 Å². The predicted molar refractivity (Wildman–Crippen MR) is 63.7 cm³/mol. The molecule has 0 bridgehead atoms. The van der Waals surface area contributed by atoms with Gasteiger partial charge < -0.3 is 9.29 Å². The Morgan fingerprint density at radius 2 is 2.00 bits per heavy atom. The number of hydrogen-bond acceptors (Lipinski definition) is 6. The van der Waals surface area contributed by atoms with Crippen LogP contribution in [0.2, 0.25) is 0 Å². The normalized spacial score (nSPS) is 13.8. The molecule has 2 heterocycles. The second-order valence-electron chi connectivity index (χ2n) is 3.37. The van der Waals surface area contributed by atoms with E-state index in [1.54, 1.807) is 6.92 Å². The van der Waals surface area contributed by atoms with Crippen molar-refractivity contribution in [2.75, 3.05) is 12.9 Å². The smallest absolute Gasteiger partial charge is 0.451 e. The first-order chi connectivity index (χ1) is 8.82. The number of hydrogen-bond donors (Lipinski definition) is 0. The van der Waals surface area contributed by atoms with Crippen LogP contribution >= 0.6 is 11.3 Å². The summed E-state index contributed by atoms with van der Waals surface area (Å²) in [6.45, 7) is 1.78. The van der Waals surface area contributed by atoms with Gasteiger partial charge in [0.05, 0.1) is 6.61 Å². The zero-order valence-electron chi connectivity index (χ0n) is 9.82. The molecule has 5 nitrogen and oxygen atoms in total. The van der Waals surface area contributed by atoms with Crippen molar-refractivity contribution in [3.8, 4) is 5.88 Å². The highest BCUT2D eigenvalue weighted by atomic mass is 32.2. The standard InChI is InChI=1S/C9H8F3N3O2S2/c1-3-17-6-4-5(14-8(18-4)19(2)16)13-7(15-6)9(10,11)12/h3H2,1-2H3. The van der Waals surface area contributed by atoms with E-state index in [0.29, 0.717) is 0 Å². The number of thiazole rings is 1. The van der Waals surface area contributed by atoms with Crippen molar-refractivity contribution in [1.29, 1.82) is 0 Å². The molecule has 104 valence electrons. The Kier molecular flexibility index (Phi) is 3.83. The highest BCUT2D eigenvalue weighted by Crippen LogP contribution is 2.35. The second-order valence-corrected chi connectivity index (χ2v) is 5.92. The summed E-state index contributed by atoms with van der Waals surface area (Å²) in [4.78, 5) is 10.5. The third kappa shape index (κ3) is 2.90. The quantitative estimate of drug-likeness (QED) is 0.813. The minimum Gasteiger partial charge on any atom is -0.610 e. The van der Waals surface area contributed by atoms with E-state index in [-0.39, 0.29) is 27.2 Å². The maximum absolute atomic E-state index is 12.6. The first-order valence-electron chi connectivity index (χ1n) is 5.05. The maximum Gasteiger partial charge on any atom is 0.451 e. The number of alkyl halides is 3. The number of fused-ring (bicyclic) bond motifs is 1. The Hall–Kier alpha value is -1.13. The van der Waals surface area contributed by atoms with Gasteiger partial charge in [0.15, 0.2) is 5.65 Å². The zero-order chi connectivity index (χ0) is 14.2. The Morgan fingerprint density at radius 3 is 2.53 bits per heavy atom. The molecular weight excluding hydrogens is 303 g/mol. The third-order valence-corrected chi connectivity index (χ3v) is 4.35. The van der Waals surface area contributed by atoms with Crippen molar-refractivity contribution in [3.05, 3.63) is 5.82 Å². The molecule has 2 rings (SSSR count). The molecule has 0 N–H and O–H groups in total. The molecule has 1 unspecified atom stereocenters. The molecule has 10 heteroatoms. The van der Waals surface area contributed by atoms with Gasteiger partial charge in [-0.1, -0.05) is 11.3 Å². The van der Waals surface area contributed by atoms with Gasteiger partial charge in [-0.05, 0) is 6.92 Å². The van der Waals surface area contributed by atoms with Crippen LogP contribution in [0.5, 0.6) is 5.88 Å². The molecule has 1 atom stereocenters. The summed E-state index contributed by atoms with van der Waals surface area (Å²) in [5.74, 6) is -1.50. The van der Waals surface area contributed by atoms with E-state index >= 15 is 0 Å². The molecule has 0 amide bonds. The number of ether oxygens (including phenoxy) is 1. The summed E-state index contributed by atoms with van der Waals surface area (Å²) in [5, 5.41) is 0. The molecule has 19 heavy (non-hydrogen) atoms. The first-order valence-corrected chi connectivity index (χ1v) is 7.42. The Bertz CT molecular complexity index is 600. The topological polar surface area (TPSA) is 71.0 Å². The van der Waals surface area contributed by atoms with Crippen LogP contribution in [0.1, 0.15) is 12.7 Å². The predicted octanol–water partition coefficient (Wildman–Crippen LogP) is 2.24. The van der Waals surface area contributed by atoms with Crippen molar-refractivity contribution in [2.24, 2.45) is 0 Å². The van der Waals surface area contributed by atoms with Crippen molar-refractivity contribution in [2.45, 2.75) is 17.4 Å². The van der Waals surface area contributed by atoms with Crippen LogP contribution in [0.4, 0.5) is 13.2 Å². The lowest BCUT2D eigenvalue weighted by Gasteiger charge is -2.07. The monoisotopic (exact) mass is 311 g/mol. The highest BCUT2D eigenvalue weighted by molar-refractivity contribution is 7.92. The minimum absolute atomic E-state index is 0.152. The average Bonchev–Trinajstić information content (AvgIpc) is 2.72. The van der Waals surface area contributed by atoms with E-state index < -0.39 is 23.2 Å². The molecule has 0 aliphatic rings. The van der Waals surface area contributed by atoms with Gasteiger partial charge in [-0.2, -0.15) is 23.1 Å². The summed E-state index contributed by atoms with van der Waals surface area (Å²) < 4.78 is 54.7. The third-order valence-electron chi connectivity index (χ3n) is 1.98. The van der Waals surface area contributed by atoms with Crippen molar-refractivity contribution in [3.63, 3.8) is 0 Å². The fraction of sp³-hybridized carbons (Fsp3) is 0.444. The maximum atomic E-state index is 12.6. The van der Waals surface area contributed by atoms with Crippen LogP contribution in [0.25, 0.3) is 10.3 Å². The van der Waals surface area contributed by atoms with E-state index in [4.69, 9.17) is 4.74 Å². The molecule has 0 aliphatic carbocycles. The van der Waals surface area contributed by atoms with Gasteiger partial charge in [0.2, 0.25) is 11.7 Å². The Balaban J connectivity index is 2.65. The Labute approximate surface area is 113 Å². The van der Waals surface area contributed by atoms with Crippen LogP contribution < -0.4 is 4.74 Å². The fourth-order valence-corrected chi connectivity index (χ4v) is 2.88. The second kappa shape index (κ2) is 5.10. The lowest BCUT2D eigenvalue weighted by Crippen LogP contribution is -2.12. The zero-order valence-corrected chi connectivity index (χ0v) is 11.4. The average molecular weight is 311 g/mol. The molecule has 2 aromatic heterocycles. The van der Waals surface area contributed by atoms with Crippen LogP contribution in [0.3, 0.4) is 0 Å². The van der Waals surface area contributed by atoms with Crippen molar-refractivity contribution in [1.82, 2.24) is 15.0 Å². The molecule has 2 aromatic rings. The van der Waals surface area contributed by atoms with E-state index in [0.717, 1.165) is 11.3 Å². The van der Waals surface area contributed by atoms with Crippen LogP contribution in [-0.2, 0) is 17.4 Å². The summed E-state index contributed by atoms with van der Waals surface area (Å²) in [5.41, 5.74) is -0.152. The van der Waals surface area contributed by atoms with Gasteiger partial charge in [-0.25, -0.2) is 4.98 Å². The lowest BCUT2D eigenvalue weighted by molar-refractivity contribution is -0.145. The summed E-state index contributed by atoms with van der Waals surface area (Å²) in [7, 11) is 0. The molecule has 0 saturated heterocycles. The van der Waals surface area contributed by atoms with E-state index in [1.807, 2.05) is 0 Å². The number of nitrogens with zero attached hydrogens (tertiary/aromatic N) is 3. The summed E-state index contributed by atoms with van der Waals surface area (Å²) >= 11 is -0.436. The first kappa shape index (κ1) is 14.3. The van der Waals surface area contributed by atoms with Crippen molar-refractivity contribution >= 4 is 32.9 Å². The minimum atomic E-state index is -4.69. The number of rotatable bonds is 3. The van der Waals surface area contributed by atoms with E-state index in [2.05, 4.69) is 15.0 Å². The van der Waals surface area contributed by atoms with E-state index in [1.165, 1.54) is 6.26 Å². The van der Waals surface area contributed by atoms with Gasteiger partial charge >= 0.3 is 10.5 Å². The lowest BCUT2D eigenvalue weighted by atomic mass is 10.5. The molecule has 0 saturated carbocycles. The van der Waals surface area contributed by atoms with Crippen LogP contribution in [0.15, 0.2) is 4.34 Å². The molecule has 0 spiro atoms. The molecule has 0 fully saturated rings. The van der Waals surface area contributed by atoms with Gasteiger partial charge in [-0.15, -0.1) is 0 Å². The molecule has 0 aromatic carbocycles. The SMILES string of the molecule is CCOc1nc(C(F)(F)F)nc2nc([S+](C)[O-])sc12. The van der Waals surface area contributed by atoms with Crippen molar-refractivity contribution < 1.29 is 22.5 Å². The van der Waals surface area contributed by atoms with Gasteiger partial charge in [0.25, 0.3) is 0 Å². The highest BCUT2D eigenvalue weighted by Gasteiger charge is 2.36. The molecular formula is C9H8F3N3O2S2. The largest absolute Gasteiger partial charge is 0.610 e. The van der Waals surface area contributed by atoms with Gasteiger partial charge in [0.1, 0.15) is 11.0 Å². The molecule has 0 radical (unpaired) electrons. The summed E-state index contributed by atoms with van der Waals surface area (Å²) in [6.07, 6.45) is -3.30. The van der Waals surface area contributed by atoms with Crippen LogP contribution in [-0.4, -0.2) is 32.4 Å². The Morgan fingerprint density at radius 1 is 1.32 bits per heavy atom. The molecule has 0 aliphatic heterocycles.